The summed E-state index contributed by atoms with van der Waals surface area (Å²) in [4.78, 5) is 4.36. The van der Waals surface area contributed by atoms with E-state index in [2.05, 4.69) is 17.2 Å². The first-order valence-electron chi connectivity index (χ1n) is 7.40. The van der Waals surface area contributed by atoms with Crippen LogP contribution in [0.25, 0.3) is 0 Å². The van der Waals surface area contributed by atoms with E-state index in [-0.39, 0.29) is 12.1 Å². The van der Waals surface area contributed by atoms with E-state index in [1.807, 2.05) is 13.0 Å². The molecule has 1 aliphatic heterocycles. The molecule has 2 atom stereocenters. The van der Waals surface area contributed by atoms with Crippen molar-refractivity contribution in [1.29, 1.82) is 0 Å². The number of fused-ring (bicyclic) bond motifs is 1. The number of ether oxygens (including phenoxy) is 2. The minimum atomic E-state index is -0.313. The van der Waals surface area contributed by atoms with Crippen LogP contribution in [0.2, 0.25) is 0 Å². The maximum absolute atomic E-state index is 9.99. The van der Waals surface area contributed by atoms with Gasteiger partial charge in [0.1, 0.15) is 13.2 Å². The lowest BCUT2D eigenvalue weighted by molar-refractivity contribution is 0.117. The summed E-state index contributed by atoms with van der Waals surface area (Å²) in [6.07, 6.45) is 4.15. The molecule has 0 aliphatic carbocycles. The van der Waals surface area contributed by atoms with Gasteiger partial charge in [-0.2, -0.15) is 0 Å². The van der Waals surface area contributed by atoms with Gasteiger partial charge in [0.05, 0.1) is 18.0 Å². The van der Waals surface area contributed by atoms with Gasteiger partial charge in [-0.3, -0.25) is 4.98 Å². The van der Waals surface area contributed by atoms with Gasteiger partial charge in [0.15, 0.2) is 11.5 Å². The van der Waals surface area contributed by atoms with Crippen molar-refractivity contribution in [2.45, 2.75) is 51.8 Å². The third-order valence-electron chi connectivity index (χ3n) is 3.51. The smallest absolute Gasteiger partial charge is 0.179 e. The van der Waals surface area contributed by atoms with Crippen LogP contribution < -0.4 is 14.8 Å². The van der Waals surface area contributed by atoms with E-state index in [9.17, 15) is 5.11 Å². The molecule has 0 aromatic carbocycles. The van der Waals surface area contributed by atoms with Gasteiger partial charge in [-0.25, -0.2) is 0 Å². The van der Waals surface area contributed by atoms with Crippen molar-refractivity contribution in [3.8, 4) is 11.5 Å². The van der Waals surface area contributed by atoms with Crippen LogP contribution in [0.4, 0.5) is 0 Å². The molecule has 20 heavy (non-hydrogen) atoms. The van der Waals surface area contributed by atoms with Gasteiger partial charge in [0.2, 0.25) is 0 Å². The minimum absolute atomic E-state index is 0.111. The van der Waals surface area contributed by atoms with Gasteiger partial charge < -0.3 is 19.9 Å². The zero-order chi connectivity index (χ0) is 14.4. The third-order valence-corrected chi connectivity index (χ3v) is 3.51. The fraction of sp³-hybridized carbons (Fsp3) is 0.667. The average molecular weight is 280 g/mol. The Bertz CT molecular complexity index is 426. The second-order valence-corrected chi connectivity index (χ2v) is 5.07. The number of hydrogen-bond acceptors (Lipinski definition) is 5. The quantitative estimate of drug-likeness (QED) is 0.798. The molecule has 0 amide bonds. The molecule has 2 rings (SSSR count). The molecule has 112 valence electrons. The highest BCUT2D eigenvalue weighted by molar-refractivity contribution is 5.39. The Hall–Kier alpha value is -1.33. The summed E-state index contributed by atoms with van der Waals surface area (Å²) in [7, 11) is 0. The van der Waals surface area contributed by atoms with Gasteiger partial charge in [-0.15, -0.1) is 0 Å². The predicted octanol–water partition coefficient (Wildman–Crippen LogP) is 1.88. The van der Waals surface area contributed by atoms with Crippen molar-refractivity contribution in [3.63, 3.8) is 0 Å². The van der Waals surface area contributed by atoms with Crippen LogP contribution in [0, 0.1) is 0 Å². The molecule has 0 saturated heterocycles. The van der Waals surface area contributed by atoms with Crippen LogP contribution in [-0.4, -0.2) is 35.5 Å². The van der Waals surface area contributed by atoms with Gasteiger partial charge in [0, 0.05) is 18.7 Å². The summed E-state index contributed by atoms with van der Waals surface area (Å²) in [6, 6.07) is 2.02. The lowest BCUT2D eigenvalue weighted by Crippen LogP contribution is -2.39. The van der Waals surface area contributed by atoms with Crippen molar-refractivity contribution in [3.05, 3.63) is 18.0 Å². The lowest BCUT2D eigenvalue weighted by Gasteiger charge is -2.23. The van der Waals surface area contributed by atoms with E-state index >= 15 is 0 Å². The number of pyridine rings is 1. The van der Waals surface area contributed by atoms with Crippen LogP contribution in [0.5, 0.6) is 11.5 Å². The molecule has 0 fully saturated rings. The highest BCUT2D eigenvalue weighted by atomic mass is 16.6. The van der Waals surface area contributed by atoms with Crippen molar-refractivity contribution < 1.29 is 14.6 Å². The molecule has 5 heteroatoms. The number of nitrogens with one attached hydrogen (secondary N) is 1. The molecule has 0 saturated carbocycles. The topological polar surface area (TPSA) is 63.6 Å². The van der Waals surface area contributed by atoms with Gasteiger partial charge in [-0.05, 0) is 12.8 Å². The van der Waals surface area contributed by atoms with Crippen molar-refractivity contribution >= 4 is 0 Å². The summed E-state index contributed by atoms with van der Waals surface area (Å²) in [5.41, 5.74) is 0.902. The van der Waals surface area contributed by atoms with Crippen LogP contribution in [0.3, 0.4) is 0 Å². The lowest BCUT2D eigenvalue weighted by atomic mass is 10.0. The molecule has 0 bridgehead atoms. The third kappa shape index (κ3) is 3.84. The summed E-state index contributed by atoms with van der Waals surface area (Å²) in [5.74, 6) is 1.46. The van der Waals surface area contributed by atoms with E-state index in [1.54, 1.807) is 6.20 Å². The van der Waals surface area contributed by atoms with E-state index in [4.69, 9.17) is 9.47 Å². The molecule has 2 N–H and O–H groups in total. The Balaban J connectivity index is 1.95. The number of hydrogen-bond donors (Lipinski definition) is 2. The zero-order valence-electron chi connectivity index (χ0n) is 12.3. The summed E-state index contributed by atoms with van der Waals surface area (Å²) in [6.45, 7) is 5.90. The maximum Gasteiger partial charge on any atom is 0.179 e. The Morgan fingerprint density at radius 1 is 1.30 bits per heavy atom. The SMILES string of the molecule is CCCC(NCc1cc2c(cn1)OCCO2)C(O)CC. The molecule has 0 spiro atoms. The van der Waals surface area contributed by atoms with Crippen molar-refractivity contribution in [2.75, 3.05) is 13.2 Å². The first kappa shape index (κ1) is 15.1. The zero-order valence-corrected chi connectivity index (χ0v) is 12.3. The summed E-state index contributed by atoms with van der Waals surface area (Å²) >= 11 is 0. The molecule has 1 aliphatic rings. The molecular weight excluding hydrogens is 256 g/mol. The number of rotatable bonds is 7. The first-order valence-corrected chi connectivity index (χ1v) is 7.40. The van der Waals surface area contributed by atoms with Gasteiger partial charge in [-0.1, -0.05) is 20.3 Å². The first-order chi connectivity index (χ1) is 9.74. The number of aromatic nitrogens is 1. The van der Waals surface area contributed by atoms with E-state index < -0.39 is 0 Å². The van der Waals surface area contributed by atoms with E-state index in [0.717, 1.165) is 30.7 Å². The van der Waals surface area contributed by atoms with Crippen LogP contribution in [0.1, 0.15) is 38.8 Å². The van der Waals surface area contributed by atoms with E-state index in [1.165, 1.54) is 0 Å². The van der Waals surface area contributed by atoms with Gasteiger partial charge >= 0.3 is 0 Å². The Labute approximate surface area is 120 Å². The molecule has 2 heterocycles. The molecule has 2 unspecified atom stereocenters. The fourth-order valence-electron chi connectivity index (χ4n) is 2.35. The summed E-state index contributed by atoms with van der Waals surface area (Å²) < 4.78 is 11.0. The largest absolute Gasteiger partial charge is 0.486 e. The average Bonchev–Trinajstić information content (AvgIpc) is 2.50. The Morgan fingerprint density at radius 2 is 2.05 bits per heavy atom. The molecular formula is C15H24N2O3. The number of aliphatic hydroxyl groups excluding tert-OH is 1. The molecule has 1 aromatic rings. The predicted molar refractivity (Wildman–Crippen MR) is 77.1 cm³/mol. The number of nitrogens with zero attached hydrogens (tertiary/aromatic N) is 1. The molecule has 0 radical (unpaired) electrons. The van der Waals surface area contributed by atoms with E-state index in [0.29, 0.717) is 25.5 Å². The number of aliphatic hydroxyl groups is 1. The Kier molecular flexibility index (Phi) is 5.61. The van der Waals surface area contributed by atoms with Gasteiger partial charge in [0.25, 0.3) is 0 Å². The Morgan fingerprint density at radius 3 is 2.75 bits per heavy atom. The van der Waals surface area contributed by atoms with Crippen LogP contribution >= 0.6 is 0 Å². The van der Waals surface area contributed by atoms with Crippen LogP contribution in [-0.2, 0) is 6.54 Å². The molecule has 1 aromatic heterocycles. The highest BCUT2D eigenvalue weighted by Gasteiger charge is 2.17. The van der Waals surface area contributed by atoms with Crippen LogP contribution in [0.15, 0.2) is 12.3 Å². The highest BCUT2D eigenvalue weighted by Crippen LogP contribution is 2.29. The summed E-state index contributed by atoms with van der Waals surface area (Å²) in [5, 5.41) is 13.4. The minimum Gasteiger partial charge on any atom is -0.486 e. The van der Waals surface area contributed by atoms with Crippen molar-refractivity contribution in [1.82, 2.24) is 10.3 Å². The second kappa shape index (κ2) is 7.45. The second-order valence-electron chi connectivity index (χ2n) is 5.07. The fourth-order valence-corrected chi connectivity index (χ4v) is 2.35. The monoisotopic (exact) mass is 280 g/mol. The normalized spacial score (nSPS) is 16.8. The van der Waals surface area contributed by atoms with Crippen molar-refractivity contribution in [2.24, 2.45) is 0 Å². The standard InChI is InChI=1S/C15H24N2O3/c1-3-5-12(13(18)4-2)17-9-11-8-14-15(10-16-11)20-7-6-19-14/h8,10,12-13,17-18H,3-7,9H2,1-2H3. The molecule has 5 nitrogen and oxygen atoms in total. The maximum atomic E-state index is 9.99.